The fourth-order valence-corrected chi connectivity index (χ4v) is 2.27. The Bertz CT molecular complexity index is 669. The highest BCUT2D eigenvalue weighted by atomic mass is 16.3. The van der Waals surface area contributed by atoms with Crippen molar-refractivity contribution in [3.63, 3.8) is 0 Å². The molecular weight excluding hydrogens is 268 g/mol. The zero-order valence-corrected chi connectivity index (χ0v) is 12.4. The Morgan fingerprint density at radius 1 is 0.810 bits per heavy atom. The van der Waals surface area contributed by atoms with Gasteiger partial charge in [0.25, 0.3) is 0 Å². The van der Waals surface area contributed by atoms with E-state index in [1.807, 2.05) is 26.8 Å². The van der Waals surface area contributed by atoms with Crippen LogP contribution >= 0.6 is 0 Å². The van der Waals surface area contributed by atoms with Gasteiger partial charge in [-0.25, -0.2) is 0 Å². The molecule has 112 valence electrons. The van der Waals surface area contributed by atoms with Crippen LogP contribution in [0.1, 0.15) is 37.5 Å². The molecule has 0 saturated carbocycles. The number of phenols is 4. The number of hydrogen-bond donors (Lipinski definition) is 4. The smallest absolute Gasteiger partial charge is 0.200 e. The van der Waals surface area contributed by atoms with E-state index in [0.717, 1.165) is 11.1 Å². The summed E-state index contributed by atoms with van der Waals surface area (Å²) in [4.78, 5) is 0. The Balaban J connectivity index is 2.39. The Morgan fingerprint density at radius 3 is 2.05 bits per heavy atom. The van der Waals surface area contributed by atoms with Crippen molar-refractivity contribution in [2.24, 2.45) is 0 Å². The molecule has 0 fully saturated rings. The highest BCUT2D eigenvalue weighted by Crippen LogP contribution is 2.38. The van der Waals surface area contributed by atoms with Gasteiger partial charge in [0, 0.05) is 12.0 Å². The van der Waals surface area contributed by atoms with Gasteiger partial charge in [-0.1, -0.05) is 39.0 Å². The minimum Gasteiger partial charge on any atom is -0.508 e. The van der Waals surface area contributed by atoms with Gasteiger partial charge in [0.2, 0.25) is 5.75 Å². The van der Waals surface area contributed by atoms with E-state index < -0.39 is 5.75 Å². The first-order chi connectivity index (χ1) is 9.70. The summed E-state index contributed by atoms with van der Waals surface area (Å²) >= 11 is 0. The lowest BCUT2D eigenvalue weighted by atomic mass is 9.84. The number of hydrogen-bond acceptors (Lipinski definition) is 4. The molecule has 2 aromatic rings. The SMILES string of the molecule is CC(C)(C)c1cc(Cc2ccc(O)c(O)c2O)ccc1O. The molecule has 0 aliphatic carbocycles. The van der Waals surface area contributed by atoms with Crippen molar-refractivity contribution in [1.29, 1.82) is 0 Å². The van der Waals surface area contributed by atoms with E-state index >= 15 is 0 Å². The first-order valence-corrected chi connectivity index (χ1v) is 6.75. The Morgan fingerprint density at radius 2 is 1.43 bits per heavy atom. The summed E-state index contributed by atoms with van der Waals surface area (Å²) in [5.74, 6) is -0.941. The average Bonchev–Trinajstić information content (AvgIpc) is 2.40. The lowest BCUT2D eigenvalue weighted by molar-refractivity contribution is 0.365. The summed E-state index contributed by atoms with van der Waals surface area (Å²) in [6.07, 6.45) is 0.392. The molecule has 0 atom stereocenters. The van der Waals surface area contributed by atoms with E-state index in [0.29, 0.717) is 12.0 Å². The van der Waals surface area contributed by atoms with Gasteiger partial charge in [-0.2, -0.15) is 0 Å². The molecule has 2 rings (SSSR count). The van der Waals surface area contributed by atoms with Crippen molar-refractivity contribution in [1.82, 2.24) is 0 Å². The predicted molar refractivity (Wildman–Crippen MR) is 81.0 cm³/mol. The monoisotopic (exact) mass is 288 g/mol. The second-order valence-electron chi connectivity index (χ2n) is 6.22. The van der Waals surface area contributed by atoms with Crippen LogP contribution in [-0.4, -0.2) is 20.4 Å². The molecule has 0 spiro atoms. The molecular formula is C17H20O4. The van der Waals surface area contributed by atoms with Crippen molar-refractivity contribution >= 4 is 0 Å². The maximum Gasteiger partial charge on any atom is 0.200 e. The third-order valence-electron chi connectivity index (χ3n) is 3.48. The quantitative estimate of drug-likeness (QED) is 0.638. The number of aromatic hydroxyl groups is 4. The molecule has 0 heterocycles. The minimum atomic E-state index is -0.512. The summed E-state index contributed by atoms with van der Waals surface area (Å²) < 4.78 is 0. The normalized spacial score (nSPS) is 11.6. The van der Waals surface area contributed by atoms with E-state index in [1.54, 1.807) is 18.2 Å². The van der Waals surface area contributed by atoms with Crippen molar-refractivity contribution < 1.29 is 20.4 Å². The van der Waals surface area contributed by atoms with Crippen LogP contribution in [0.15, 0.2) is 30.3 Å². The van der Waals surface area contributed by atoms with E-state index in [4.69, 9.17) is 0 Å². The fourth-order valence-electron chi connectivity index (χ4n) is 2.27. The van der Waals surface area contributed by atoms with Crippen LogP contribution < -0.4 is 0 Å². The second-order valence-corrected chi connectivity index (χ2v) is 6.22. The highest BCUT2D eigenvalue weighted by Gasteiger charge is 2.19. The van der Waals surface area contributed by atoms with E-state index in [9.17, 15) is 20.4 Å². The van der Waals surface area contributed by atoms with Gasteiger partial charge in [-0.3, -0.25) is 0 Å². The molecule has 0 saturated heterocycles. The van der Waals surface area contributed by atoms with Gasteiger partial charge < -0.3 is 20.4 Å². The number of benzene rings is 2. The van der Waals surface area contributed by atoms with Crippen LogP contribution in [0.5, 0.6) is 23.0 Å². The second kappa shape index (κ2) is 5.20. The molecule has 0 aliphatic heterocycles. The molecule has 4 N–H and O–H groups in total. The van der Waals surface area contributed by atoms with Crippen molar-refractivity contribution in [3.05, 3.63) is 47.0 Å². The summed E-state index contributed by atoms with van der Waals surface area (Å²) in [6.45, 7) is 6.03. The molecule has 0 aliphatic rings. The van der Waals surface area contributed by atoms with Crippen molar-refractivity contribution in [3.8, 4) is 23.0 Å². The molecule has 4 heteroatoms. The van der Waals surface area contributed by atoms with Crippen LogP contribution in [0.4, 0.5) is 0 Å². The first kappa shape index (κ1) is 15.0. The average molecular weight is 288 g/mol. The summed E-state index contributed by atoms with van der Waals surface area (Å²) in [5.41, 5.74) is 2.04. The number of phenolic OH excluding ortho intramolecular Hbond substituents is 4. The molecule has 4 nitrogen and oxygen atoms in total. The Labute approximate surface area is 123 Å². The first-order valence-electron chi connectivity index (χ1n) is 6.75. The van der Waals surface area contributed by atoms with E-state index in [2.05, 4.69) is 0 Å². The van der Waals surface area contributed by atoms with E-state index in [-0.39, 0.29) is 22.7 Å². The van der Waals surface area contributed by atoms with Crippen LogP contribution in [0.3, 0.4) is 0 Å². The van der Waals surface area contributed by atoms with Crippen LogP contribution in [-0.2, 0) is 11.8 Å². The number of rotatable bonds is 2. The minimum absolute atomic E-state index is 0.195. The molecule has 0 radical (unpaired) electrons. The Hall–Kier alpha value is -2.36. The van der Waals surface area contributed by atoms with Gasteiger partial charge in [-0.05, 0) is 28.7 Å². The third-order valence-corrected chi connectivity index (χ3v) is 3.48. The molecule has 0 aromatic heterocycles. The summed E-state index contributed by atoms with van der Waals surface area (Å²) in [6, 6.07) is 8.20. The molecule has 0 amide bonds. The van der Waals surface area contributed by atoms with Gasteiger partial charge in [0.05, 0.1) is 0 Å². The summed E-state index contributed by atoms with van der Waals surface area (Å²) in [5, 5.41) is 38.7. The van der Waals surface area contributed by atoms with Crippen LogP contribution in [0.2, 0.25) is 0 Å². The van der Waals surface area contributed by atoms with Crippen LogP contribution in [0, 0.1) is 0 Å². The maximum absolute atomic E-state index is 9.95. The standard InChI is InChI=1S/C17H20O4/c1-17(2,3)12-9-10(4-6-13(12)18)8-11-5-7-14(19)16(21)15(11)20/h4-7,9,18-21H,8H2,1-3H3. The lowest BCUT2D eigenvalue weighted by Crippen LogP contribution is -2.11. The van der Waals surface area contributed by atoms with Crippen molar-refractivity contribution in [2.75, 3.05) is 0 Å². The Kier molecular flexibility index (Phi) is 3.73. The zero-order chi connectivity index (χ0) is 15.8. The van der Waals surface area contributed by atoms with Gasteiger partial charge in [0.15, 0.2) is 11.5 Å². The third kappa shape index (κ3) is 3.05. The molecule has 0 bridgehead atoms. The molecule has 2 aromatic carbocycles. The molecule has 21 heavy (non-hydrogen) atoms. The van der Waals surface area contributed by atoms with Crippen LogP contribution in [0.25, 0.3) is 0 Å². The predicted octanol–water partition coefficient (Wildman–Crippen LogP) is 3.40. The fraction of sp³-hybridized carbons (Fsp3) is 0.294. The largest absolute Gasteiger partial charge is 0.508 e. The topological polar surface area (TPSA) is 80.9 Å². The lowest BCUT2D eigenvalue weighted by Gasteiger charge is -2.21. The van der Waals surface area contributed by atoms with Gasteiger partial charge >= 0.3 is 0 Å². The van der Waals surface area contributed by atoms with Gasteiger partial charge in [-0.15, -0.1) is 0 Å². The van der Waals surface area contributed by atoms with Gasteiger partial charge in [0.1, 0.15) is 5.75 Å². The zero-order valence-electron chi connectivity index (χ0n) is 12.4. The maximum atomic E-state index is 9.95. The van der Waals surface area contributed by atoms with E-state index in [1.165, 1.54) is 6.07 Å². The summed E-state index contributed by atoms with van der Waals surface area (Å²) in [7, 11) is 0. The highest BCUT2D eigenvalue weighted by molar-refractivity contribution is 5.54. The van der Waals surface area contributed by atoms with Crippen molar-refractivity contribution in [2.45, 2.75) is 32.6 Å². The molecule has 0 unspecified atom stereocenters.